The van der Waals surface area contributed by atoms with Crippen molar-refractivity contribution in [3.05, 3.63) is 50.4 Å². The first-order valence-electron chi connectivity index (χ1n) is 6.93. The van der Waals surface area contributed by atoms with Crippen LogP contribution in [0.25, 0.3) is 0 Å². The third-order valence-electron chi connectivity index (χ3n) is 2.80. The standard InChI is InChI=1S/C16H21BrN2OS/c1-16(2,3)18-8-15-19-14(11-21-15)10-20-9-12-4-6-13(17)7-5-12/h4-7,11,18H,8-10H2,1-3H3. The first kappa shape index (κ1) is 16.6. The highest BCUT2D eigenvalue weighted by atomic mass is 79.9. The molecule has 2 aromatic rings. The minimum Gasteiger partial charge on any atom is -0.370 e. The number of nitrogens with one attached hydrogen (secondary N) is 1. The molecule has 1 N–H and O–H groups in total. The molecule has 0 bridgehead atoms. The van der Waals surface area contributed by atoms with Crippen molar-refractivity contribution < 1.29 is 4.74 Å². The average Bonchev–Trinajstić information content (AvgIpc) is 2.86. The Balaban J connectivity index is 1.76. The summed E-state index contributed by atoms with van der Waals surface area (Å²) < 4.78 is 6.80. The van der Waals surface area contributed by atoms with Crippen LogP contribution in [0.3, 0.4) is 0 Å². The summed E-state index contributed by atoms with van der Waals surface area (Å²) in [6.07, 6.45) is 0. The van der Waals surface area contributed by atoms with Gasteiger partial charge in [0.1, 0.15) is 5.01 Å². The number of ether oxygens (including phenoxy) is 1. The highest BCUT2D eigenvalue weighted by Crippen LogP contribution is 2.14. The number of halogens is 1. The molecule has 1 aromatic carbocycles. The Morgan fingerprint density at radius 2 is 1.90 bits per heavy atom. The largest absolute Gasteiger partial charge is 0.370 e. The molecular weight excluding hydrogens is 348 g/mol. The van der Waals surface area contributed by atoms with Crippen LogP contribution >= 0.6 is 27.3 Å². The van der Waals surface area contributed by atoms with Crippen LogP contribution in [0.5, 0.6) is 0 Å². The van der Waals surface area contributed by atoms with Gasteiger partial charge in [-0.3, -0.25) is 0 Å². The molecular formula is C16H21BrN2OS. The molecule has 0 saturated carbocycles. The fourth-order valence-electron chi connectivity index (χ4n) is 1.69. The third-order valence-corrected chi connectivity index (χ3v) is 4.23. The summed E-state index contributed by atoms with van der Waals surface area (Å²) in [6, 6.07) is 8.17. The molecule has 0 amide bonds. The molecule has 5 heteroatoms. The zero-order valence-electron chi connectivity index (χ0n) is 12.6. The van der Waals surface area contributed by atoms with E-state index in [0.717, 1.165) is 21.7 Å². The van der Waals surface area contributed by atoms with Gasteiger partial charge in [0.25, 0.3) is 0 Å². The molecule has 1 aromatic heterocycles. The van der Waals surface area contributed by atoms with Crippen molar-refractivity contribution in [2.24, 2.45) is 0 Å². The van der Waals surface area contributed by atoms with E-state index in [1.165, 1.54) is 5.56 Å². The van der Waals surface area contributed by atoms with Gasteiger partial charge >= 0.3 is 0 Å². The second-order valence-electron chi connectivity index (χ2n) is 5.96. The van der Waals surface area contributed by atoms with Crippen molar-refractivity contribution in [3.8, 4) is 0 Å². The van der Waals surface area contributed by atoms with Gasteiger partial charge in [0, 0.05) is 21.9 Å². The van der Waals surface area contributed by atoms with Crippen LogP contribution < -0.4 is 5.32 Å². The van der Waals surface area contributed by atoms with Gasteiger partial charge in [0.05, 0.1) is 18.9 Å². The molecule has 0 unspecified atom stereocenters. The maximum absolute atomic E-state index is 5.71. The lowest BCUT2D eigenvalue weighted by molar-refractivity contribution is 0.105. The number of thiazole rings is 1. The number of rotatable bonds is 6. The number of aromatic nitrogens is 1. The summed E-state index contributed by atoms with van der Waals surface area (Å²) >= 11 is 5.10. The summed E-state index contributed by atoms with van der Waals surface area (Å²) in [5.41, 5.74) is 2.29. The second-order valence-corrected chi connectivity index (χ2v) is 7.81. The fourth-order valence-corrected chi connectivity index (χ4v) is 2.67. The maximum atomic E-state index is 5.71. The van der Waals surface area contributed by atoms with Gasteiger partial charge < -0.3 is 10.1 Å². The second kappa shape index (κ2) is 7.49. The van der Waals surface area contributed by atoms with Gasteiger partial charge in [-0.15, -0.1) is 11.3 Å². The molecule has 2 rings (SSSR count). The van der Waals surface area contributed by atoms with Gasteiger partial charge in [0.15, 0.2) is 0 Å². The first-order valence-corrected chi connectivity index (χ1v) is 8.60. The summed E-state index contributed by atoms with van der Waals surface area (Å²) in [5.74, 6) is 0. The summed E-state index contributed by atoms with van der Waals surface area (Å²) in [4.78, 5) is 4.58. The predicted molar refractivity (Wildman–Crippen MR) is 91.3 cm³/mol. The minimum absolute atomic E-state index is 0.115. The Morgan fingerprint density at radius 1 is 1.19 bits per heavy atom. The van der Waals surface area contributed by atoms with Gasteiger partial charge in [-0.2, -0.15) is 0 Å². The SMILES string of the molecule is CC(C)(C)NCc1nc(COCc2ccc(Br)cc2)cs1. The van der Waals surface area contributed by atoms with Crippen molar-refractivity contribution >= 4 is 27.3 Å². The van der Waals surface area contributed by atoms with Gasteiger partial charge in [0.2, 0.25) is 0 Å². The zero-order chi connectivity index (χ0) is 15.3. The summed E-state index contributed by atoms with van der Waals surface area (Å²) in [7, 11) is 0. The van der Waals surface area contributed by atoms with Crippen molar-refractivity contribution in [3.63, 3.8) is 0 Å². The lowest BCUT2D eigenvalue weighted by atomic mass is 10.1. The molecule has 21 heavy (non-hydrogen) atoms. The first-order chi connectivity index (χ1) is 9.92. The fraction of sp³-hybridized carbons (Fsp3) is 0.438. The quantitative estimate of drug-likeness (QED) is 0.814. The van der Waals surface area contributed by atoms with E-state index in [1.54, 1.807) is 11.3 Å². The molecule has 0 atom stereocenters. The predicted octanol–water partition coefficient (Wildman–Crippen LogP) is 4.51. The smallest absolute Gasteiger partial charge is 0.107 e. The van der Waals surface area contributed by atoms with Crippen LogP contribution in [0.2, 0.25) is 0 Å². The zero-order valence-corrected chi connectivity index (χ0v) is 15.1. The Labute approximate surface area is 138 Å². The van der Waals surface area contributed by atoms with E-state index in [1.807, 2.05) is 12.1 Å². The van der Waals surface area contributed by atoms with E-state index >= 15 is 0 Å². The Hall–Kier alpha value is -0.750. The molecule has 0 saturated heterocycles. The summed E-state index contributed by atoms with van der Waals surface area (Å²) in [5, 5.41) is 6.62. The Kier molecular flexibility index (Phi) is 5.93. The van der Waals surface area contributed by atoms with Crippen LogP contribution in [0, 0.1) is 0 Å². The normalized spacial score (nSPS) is 11.8. The number of nitrogens with zero attached hydrogens (tertiary/aromatic N) is 1. The van der Waals surface area contributed by atoms with Crippen molar-refractivity contribution in [2.45, 2.75) is 46.1 Å². The third kappa shape index (κ3) is 6.26. The molecule has 1 heterocycles. The topological polar surface area (TPSA) is 34.2 Å². The van der Waals surface area contributed by atoms with Gasteiger partial charge in [-0.05, 0) is 38.5 Å². The highest BCUT2D eigenvalue weighted by Gasteiger charge is 2.10. The van der Waals surface area contributed by atoms with E-state index in [9.17, 15) is 0 Å². The molecule has 0 spiro atoms. The lowest BCUT2D eigenvalue weighted by Crippen LogP contribution is -2.35. The molecule has 0 radical (unpaired) electrons. The number of hydrogen-bond acceptors (Lipinski definition) is 4. The van der Waals surface area contributed by atoms with E-state index in [2.05, 4.69) is 64.5 Å². The van der Waals surface area contributed by atoms with Crippen LogP contribution in [-0.2, 0) is 24.5 Å². The van der Waals surface area contributed by atoms with Gasteiger partial charge in [-0.1, -0.05) is 28.1 Å². The van der Waals surface area contributed by atoms with E-state index < -0.39 is 0 Å². The van der Waals surface area contributed by atoms with Crippen LogP contribution in [0.1, 0.15) is 37.0 Å². The maximum Gasteiger partial charge on any atom is 0.107 e. The molecule has 3 nitrogen and oxygen atoms in total. The Morgan fingerprint density at radius 3 is 2.57 bits per heavy atom. The van der Waals surface area contributed by atoms with Crippen LogP contribution in [0.15, 0.2) is 34.1 Å². The van der Waals surface area contributed by atoms with Crippen molar-refractivity contribution in [2.75, 3.05) is 0 Å². The Bertz CT molecular complexity index is 560. The molecule has 0 fully saturated rings. The van der Waals surface area contributed by atoms with E-state index in [-0.39, 0.29) is 5.54 Å². The monoisotopic (exact) mass is 368 g/mol. The van der Waals surface area contributed by atoms with E-state index in [0.29, 0.717) is 13.2 Å². The molecule has 0 aliphatic carbocycles. The van der Waals surface area contributed by atoms with Crippen molar-refractivity contribution in [1.29, 1.82) is 0 Å². The summed E-state index contributed by atoms with van der Waals surface area (Å²) in [6.45, 7) is 8.44. The average molecular weight is 369 g/mol. The number of hydrogen-bond donors (Lipinski definition) is 1. The van der Waals surface area contributed by atoms with Crippen molar-refractivity contribution in [1.82, 2.24) is 10.3 Å². The lowest BCUT2D eigenvalue weighted by Gasteiger charge is -2.19. The van der Waals surface area contributed by atoms with Gasteiger partial charge in [-0.25, -0.2) is 4.98 Å². The van der Waals surface area contributed by atoms with Crippen LogP contribution in [0.4, 0.5) is 0 Å². The minimum atomic E-state index is 0.115. The van der Waals surface area contributed by atoms with Crippen LogP contribution in [-0.4, -0.2) is 10.5 Å². The molecule has 0 aliphatic rings. The molecule has 0 aliphatic heterocycles. The number of benzene rings is 1. The highest BCUT2D eigenvalue weighted by molar-refractivity contribution is 9.10. The van der Waals surface area contributed by atoms with E-state index in [4.69, 9.17) is 4.74 Å². The molecule has 114 valence electrons.